The maximum absolute atomic E-state index is 6.65. The highest BCUT2D eigenvalue weighted by atomic mass is 16.5. The molecule has 0 bridgehead atoms. The summed E-state index contributed by atoms with van der Waals surface area (Å²) in [5, 5.41) is 14.5. The summed E-state index contributed by atoms with van der Waals surface area (Å²) in [6, 6.07) is 93.5. The molecule has 0 atom stereocenters. The van der Waals surface area contributed by atoms with Crippen LogP contribution in [0.1, 0.15) is 12.8 Å². The molecule has 0 spiro atoms. The van der Waals surface area contributed by atoms with E-state index in [1.807, 2.05) is 12.1 Å². The van der Waals surface area contributed by atoms with Gasteiger partial charge in [0, 0.05) is 38.6 Å². The Kier molecular flexibility index (Phi) is 9.53. The summed E-state index contributed by atoms with van der Waals surface area (Å²) in [5.74, 6) is 3.41. The van der Waals surface area contributed by atoms with Crippen LogP contribution >= 0.6 is 0 Å². The van der Waals surface area contributed by atoms with Crippen molar-refractivity contribution in [3.8, 4) is 39.8 Å². The minimum absolute atomic E-state index is 0.828. The van der Waals surface area contributed by atoms with Crippen molar-refractivity contribution in [2.75, 3.05) is 9.80 Å². The summed E-state index contributed by atoms with van der Waals surface area (Å²) in [6.07, 6.45) is 6.19. The van der Waals surface area contributed by atoms with Crippen molar-refractivity contribution in [2.24, 2.45) is 0 Å². The van der Waals surface area contributed by atoms with Crippen molar-refractivity contribution < 1.29 is 9.47 Å². The van der Waals surface area contributed by atoms with Gasteiger partial charge in [-0.2, -0.15) is 0 Å². The highest BCUT2D eigenvalue weighted by molar-refractivity contribution is 6.18. The summed E-state index contributed by atoms with van der Waals surface area (Å²) < 4.78 is 18.1. The van der Waals surface area contributed by atoms with E-state index in [0.29, 0.717) is 0 Å². The van der Waals surface area contributed by atoms with Crippen LogP contribution in [-0.4, -0.2) is 9.13 Å². The van der Waals surface area contributed by atoms with Gasteiger partial charge >= 0.3 is 0 Å². The van der Waals surface area contributed by atoms with Crippen LogP contribution < -0.4 is 19.3 Å². The SMILES string of the molecule is C1=CC2=C(CC1)N(c1cccc3c1c1cc(-c4ccc5c(c4)c4cc(N6c7ccccc7Oc7ccccc76)ccc4n5-c4ccc5cc6ccccc6cc5c4)ccc1n3-c1ccc3cc4ccccc4cc3c1)c1ccccc1O2. The van der Waals surface area contributed by atoms with Crippen LogP contribution in [0.15, 0.2) is 278 Å². The topological polar surface area (TPSA) is 34.8 Å². The van der Waals surface area contributed by atoms with E-state index in [1.54, 1.807) is 0 Å². The van der Waals surface area contributed by atoms with Crippen molar-refractivity contribution in [3.63, 3.8) is 0 Å². The Morgan fingerprint density at radius 3 is 1.39 bits per heavy atom. The summed E-state index contributed by atoms with van der Waals surface area (Å²) in [7, 11) is 0. The average Bonchev–Trinajstić information content (AvgIpc) is 4.21. The van der Waals surface area contributed by atoms with Gasteiger partial charge in [-0.3, -0.25) is 0 Å². The fourth-order valence-corrected chi connectivity index (χ4v) is 13.6. The van der Waals surface area contributed by atoms with Gasteiger partial charge in [0.15, 0.2) is 17.2 Å². The number of ether oxygens (including phenoxy) is 2. The monoisotopic (exact) mass is 1050 g/mol. The summed E-state index contributed by atoms with van der Waals surface area (Å²) in [5.41, 5.74) is 15.5. The number of nitrogens with zero attached hydrogens (tertiary/aromatic N) is 4. The molecule has 0 fully saturated rings. The lowest BCUT2D eigenvalue weighted by Crippen LogP contribution is -2.25. The van der Waals surface area contributed by atoms with E-state index < -0.39 is 0 Å². The molecule has 3 aliphatic rings. The molecule has 0 N–H and O–H groups in total. The molecule has 384 valence electrons. The molecule has 18 rings (SSSR count). The van der Waals surface area contributed by atoms with Gasteiger partial charge in [-0.15, -0.1) is 0 Å². The Morgan fingerprint density at radius 1 is 0.305 bits per heavy atom. The zero-order valence-electron chi connectivity index (χ0n) is 44.4. The van der Waals surface area contributed by atoms with E-state index >= 15 is 0 Å². The number of hydrogen-bond donors (Lipinski definition) is 0. The maximum atomic E-state index is 6.65. The van der Waals surface area contributed by atoms with Crippen LogP contribution in [0.4, 0.5) is 28.4 Å². The lowest BCUT2D eigenvalue weighted by atomic mass is 9.99. The molecular weight excluding hydrogens is 1000 g/mol. The van der Waals surface area contributed by atoms with E-state index in [1.165, 1.54) is 64.9 Å². The highest BCUT2D eigenvalue weighted by Crippen LogP contribution is 2.53. The number of anilines is 5. The summed E-state index contributed by atoms with van der Waals surface area (Å²) in [6.45, 7) is 0. The molecule has 4 heterocycles. The first-order chi connectivity index (χ1) is 40.6. The van der Waals surface area contributed by atoms with Gasteiger partial charge in [0.1, 0.15) is 5.76 Å². The molecule has 0 saturated carbocycles. The maximum Gasteiger partial charge on any atom is 0.151 e. The molecule has 6 nitrogen and oxygen atoms in total. The molecule has 1 aliphatic carbocycles. The van der Waals surface area contributed by atoms with Crippen LogP contribution in [0.25, 0.3) is 109 Å². The summed E-state index contributed by atoms with van der Waals surface area (Å²) in [4.78, 5) is 4.82. The predicted octanol–water partition coefficient (Wildman–Crippen LogP) is 20.8. The molecule has 0 saturated heterocycles. The number of rotatable bonds is 5. The van der Waals surface area contributed by atoms with Gasteiger partial charge in [-0.05, 0) is 213 Å². The van der Waals surface area contributed by atoms with E-state index in [9.17, 15) is 0 Å². The average molecular weight is 1050 g/mol. The number of para-hydroxylation sites is 6. The minimum Gasteiger partial charge on any atom is -0.453 e. The number of hydrogen-bond acceptors (Lipinski definition) is 4. The molecule has 6 heteroatoms. The molecular formula is C76H48N4O2. The highest BCUT2D eigenvalue weighted by Gasteiger charge is 2.31. The minimum atomic E-state index is 0.828. The molecule has 2 aliphatic heterocycles. The second kappa shape index (κ2) is 17.3. The smallest absolute Gasteiger partial charge is 0.151 e. The van der Waals surface area contributed by atoms with Crippen LogP contribution in [0, 0.1) is 0 Å². The molecule has 0 radical (unpaired) electrons. The standard InChI is InChI=1S/C76H48N4O2/c1-3-16-49-40-55-42-57(32-28-51(55)38-47(49)14-1)77-63-35-30-53(44-60(63)61-46-59(34-37-64(61)77)79-66-18-5-9-24-72(66)81-73-25-10-6-19-67(73)79)54-31-36-65-62(45-54)76-70(78(65)58-33-29-52-39-48-15-2-4-17-50(48)41-56(52)43-58)22-13-23-71(76)80-68-20-7-11-26-74(68)82-75-27-12-8-21-69(75)80/h1-7,9-20,22-46H,8,21H2. The molecule has 2 aromatic heterocycles. The van der Waals surface area contributed by atoms with Crippen LogP contribution in [0.2, 0.25) is 0 Å². The van der Waals surface area contributed by atoms with Crippen LogP contribution in [0.5, 0.6) is 17.2 Å². The van der Waals surface area contributed by atoms with Crippen molar-refractivity contribution in [3.05, 3.63) is 278 Å². The summed E-state index contributed by atoms with van der Waals surface area (Å²) >= 11 is 0. The Bertz CT molecular complexity index is 5280. The molecule has 0 unspecified atom stereocenters. The van der Waals surface area contributed by atoms with Gasteiger partial charge in [0.2, 0.25) is 0 Å². The Morgan fingerprint density at radius 2 is 0.768 bits per heavy atom. The van der Waals surface area contributed by atoms with Crippen LogP contribution in [0.3, 0.4) is 0 Å². The van der Waals surface area contributed by atoms with E-state index in [-0.39, 0.29) is 0 Å². The molecule has 82 heavy (non-hydrogen) atoms. The van der Waals surface area contributed by atoms with Gasteiger partial charge in [0.25, 0.3) is 0 Å². The number of allylic oxidation sites excluding steroid dienone is 3. The normalized spacial score (nSPS) is 13.8. The lowest BCUT2D eigenvalue weighted by Gasteiger charge is -2.36. The van der Waals surface area contributed by atoms with Gasteiger partial charge in [-0.1, -0.05) is 121 Å². The van der Waals surface area contributed by atoms with Gasteiger partial charge < -0.3 is 28.4 Å². The number of benzene rings is 13. The number of aromatic nitrogens is 2. The second-order valence-corrected chi connectivity index (χ2v) is 22.0. The first-order valence-corrected chi connectivity index (χ1v) is 28.3. The van der Waals surface area contributed by atoms with Crippen molar-refractivity contribution >= 4 is 115 Å². The Balaban J connectivity index is 0.873. The first-order valence-electron chi connectivity index (χ1n) is 28.3. The zero-order valence-corrected chi connectivity index (χ0v) is 44.4. The third-order valence-electron chi connectivity index (χ3n) is 17.4. The van der Waals surface area contributed by atoms with Crippen LogP contribution in [-0.2, 0) is 0 Å². The molecule has 15 aromatic rings. The van der Waals surface area contributed by atoms with Crippen molar-refractivity contribution in [2.45, 2.75) is 12.8 Å². The lowest BCUT2D eigenvalue weighted by molar-refractivity contribution is 0.421. The molecule has 0 amide bonds. The third kappa shape index (κ3) is 6.76. The largest absolute Gasteiger partial charge is 0.453 e. The van der Waals surface area contributed by atoms with Gasteiger partial charge in [0.05, 0.1) is 50.5 Å². The van der Waals surface area contributed by atoms with Gasteiger partial charge in [-0.25, -0.2) is 0 Å². The zero-order chi connectivity index (χ0) is 53.6. The van der Waals surface area contributed by atoms with Crippen molar-refractivity contribution in [1.29, 1.82) is 0 Å². The first kappa shape index (κ1) is 45.1. The predicted molar refractivity (Wildman–Crippen MR) is 340 cm³/mol. The quantitative estimate of drug-likeness (QED) is 0.161. The second-order valence-electron chi connectivity index (χ2n) is 22.0. The molecule has 13 aromatic carbocycles. The Labute approximate surface area is 472 Å². The fourth-order valence-electron chi connectivity index (χ4n) is 13.6. The van der Waals surface area contributed by atoms with Crippen molar-refractivity contribution in [1.82, 2.24) is 9.13 Å². The fraction of sp³-hybridized carbons (Fsp3) is 0.0263. The van der Waals surface area contributed by atoms with E-state index in [2.05, 4.69) is 274 Å². The van der Waals surface area contributed by atoms with E-state index in [4.69, 9.17) is 9.47 Å². The number of fused-ring (bicyclic) bond motifs is 13. The van der Waals surface area contributed by atoms with E-state index in [0.717, 1.165) is 114 Å². The Hall–Kier alpha value is -10.8. The third-order valence-corrected chi connectivity index (χ3v) is 17.4.